The molecule has 0 aliphatic rings. The van der Waals surface area contributed by atoms with Gasteiger partial charge >= 0.3 is 7.12 Å². The molecule has 154 valence electrons. The van der Waals surface area contributed by atoms with Gasteiger partial charge < -0.3 is 24.4 Å². The fraction of sp³-hybridized carbons (Fsp3) is 0.0833. The first-order valence-corrected chi connectivity index (χ1v) is 9.61. The number of fused-ring (bicyclic) bond motifs is 1. The van der Waals surface area contributed by atoms with Gasteiger partial charge in [-0.2, -0.15) is 0 Å². The smallest absolute Gasteiger partial charge is 0.457 e. The quantitative estimate of drug-likeness (QED) is 0.459. The van der Waals surface area contributed by atoms with E-state index in [1.807, 2.05) is 67.5 Å². The summed E-state index contributed by atoms with van der Waals surface area (Å²) in [6.07, 6.45) is 0. The average molecular weight is 403 g/mol. The van der Waals surface area contributed by atoms with Crippen molar-refractivity contribution in [3.8, 4) is 23.0 Å². The molecular formula is C24H26BNO4. The molecule has 0 fully saturated rings. The van der Waals surface area contributed by atoms with E-state index in [0.717, 1.165) is 22.2 Å². The molecule has 0 spiro atoms. The van der Waals surface area contributed by atoms with Gasteiger partial charge in [0.05, 0.1) is 0 Å². The van der Waals surface area contributed by atoms with Gasteiger partial charge in [-0.3, -0.25) is 0 Å². The van der Waals surface area contributed by atoms with Gasteiger partial charge in [-0.1, -0.05) is 48.5 Å². The molecule has 0 amide bonds. The van der Waals surface area contributed by atoms with Crippen molar-refractivity contribution >= 4 is 29.0 Å². The van der Waals surface area contributed by atoms with Crippen molar-refractivity contribution < 1.29 is 22.4 Å². The highest BCUT2D eigenvalue weighted by Crippen LogP contribution is 2.35. The van der Waals surface area contributed by atoms with Crippen molar-refractivity contribution in [1.82, 2.24) is 0 Å². The molecule has 0 aliphatic carbocycles. The van der Waals surface area contributed by atoms with Crippen LogP contribution in [0.1, 0.15) is 2.85 Å². The summed E-state index contributed by atoms with van der Waals surface area (Å²) in [7, 11) is 2.41. The lowest BCUT2D eigenvalue weighted by atomic mass is 9.80. The van der Waals surface area contributed by atoms with Crippen LogP contribution in [0.5, 0.6) is 23.0 Å². The minimum Gasteiger partial charge on any atom is -0.457 e. The monoisotopic (exact) mass is 403 g/mol. The fourth-order valence-electron chi connectivity index (χ4n) is 3.19. The summed E-state index contributed by atoms with van der Waals surface area (Å²) in [6.45, 7) is 0. The zero-order valence-corrected chi connectivity index (χ0v) is 16.8. The number of nitrogens with zero attached hydrogens (tertiary/aromatic N) is 1. The number of hydrogen-bond donors (Lipinski definition) is 2. The van der Waals surface area contributed by atoms with E-state index in [1.54, 1.807) is 24.3 Å². The second-order valence-electron chi connectivity index (χ2n) is 7.18. The molecule has 0 aliphatic heterocycles. The summed E-state index contributed by atoms with van der Waals surface area (Å²) in [4.78, 5) is 1.98. The molecule has 4 rings (SSSR count). The minimum absolute atomic E-state index is 0. The Labute approximate surface area is 178 Å². The first-order valence-electron chi connectivity index (χ1n) is 9.61. The first kappa shape index (κ1) is 19.8. The van der Waals surface area contributed by atoms with Crippen LogP contribution in [0.4, 0.5) is 5.69 Å². The maximum absolute atomic E-state index is 9.25. The van der Waals surface area contributed by atoms with Crippen molar-refractivity contribution in [2.75, 3.05) is 19.0 Å². The highest BCUT2D eigenvalue weighted by atomic mass is 16.5. The van der Waals surface area contributed by atoms with Crippen molar-refractivity contribution in [3.05, 3.63) is 84.9 Å². The summed E-state index contributed by atoms with van der Waals surface area (Å²) in [5, 5.41) is 20.6. The van der Waals surface area contributed by atoms with Gasteiger partial charge in [-0.15, -0.1) is 0 Å². The summed E-state index contributed by atoms with van der Waals surface area (Å²) < 4.78 is 12.2. The summed E-state index contributed by atoms with van der Waals surface area (Å²) in [6, 6.07) is 26.4. The molecule has 30 heavy (non-hydrogen) atoms. The third-order valence-electron chi connectivity index (χ3n) is 4.77. The number of benzene rings is 4. The van der Waals surface area contributed by atoms with Crippen molar-refractivity contribution in [3.63, 3.8) is 0 Å². The Bertz CT molecular complexity index is 1160. The molecule has 0 saturated heterocycles. The van der Waals surface area contributed by atoms with E-state index >= 15 is 0 Å². The molecule has 0 radical (unpaired) electrons. The first-order chi connectivity index (χ1) is 14.5. The SMILES string of the molecule is CN(C)c1cc(Oc2ccc(B(O)O)cc2)cc(Oc2cccc3ccccc23)c1.[HH].[HH]. The largest absolute Gasteiger partial charge is 0.488 e. The molecule has 2 N–H and O–H groups in total. The number of anilines is 1. The van der Waals surface area contributed by atoms with Crippen LogP contribution < -0.4 is 19.8 Å². The van der Waals surface area contributed by atoms with Crippen LogP contribution in [0.2, 0.25) is 0 Å². The molecule has 5 nitrogen and oxygen atoms in total. The standard InChI is InChI=1S/C24H22BNO4.2H2/c1-26(2)19-14-21(29-20-12-10-18(11-13-20)25(27)28)16-22(15-19)30-24-9-5-7-17-6-3-4-8-23(17)24;;/h3-16,27-28H,1-2H3;2*1H. The number of rotatable bonds is 6. The van der Waals surface area contributed by atoms with E-state index in [1.165, 1.54) is 0 Å². The van der Waals surface area contributed by atoms with Crippen LogP contribution in [0.15, 0.2) is 84.9 Å². The Hall–Kier alpha value is -3.48. The fourth-order valence-corrected chi connectivity index (χ4v) is 3.19. The predicted molar refractivity (Wildman–Crippen MR) is 125 cm³/mol. The zero-order chi connectivity index (χ0) is 21.1. The van der Waals surface area contributed by atoms with Crippen LogP contribution in [0.25, 0.3) is 10.8 Å². The van der Waals surface area contributed by atoms with Crippen LogP contribution >= 0.6 is 0 Å². The molecule has 0 bridgehead atoms. The molecule has 6 heteroatoms. The maximum Gasteiger partial charge on any atom is 0.488 e. The van der Waals surface area contributed by atoms with Crippen molar-refractivity contribution in [2.45, 2.75) is 0 Å². The van der Waals surface area contributed by atoms with Gasteiger partial charge in [-0.25, -0.2) is 0 Å². The minimum atomic E-state index is -1.50. The number of ether oxygens (including phenoxy) is 2. The molecule has 0 heterocycles. The van der Waals surface area contributed by atoms with Gasteiger partial charge in [-0.05, 0) is 29.0 Å². The van der Waals surface area contributed by atoms with Crippen molar-refractivity contribution in [1.29, 1.82) is 0 Å². The van der Waals surface area contributed by atoms with Crippen LogP contribution in [0, 0.1) is 0 Å². The van der Waals surface area contributed by atoms with Gasteiger partial charge in [0.2, 0.25) is 0 Å². The topological polar surface area (TPSA) is 62.2 Å². The molecule has 4 aromatic rings. The highest BCUT2D eigenvalue weighted by molar-refractivity contribution is 6.58. The lowest BCUT2D eigenvalue weighted by Gasteiger charge is -2.17. The second-order valence-corrected chi connectivity index (χ2v) is 7.18. The van der Waals surface area contributed by atoms with Gasteiger partial charge in [0.1, 0.15) is 23.0 Å². The third-order valence-corrected chi connectivity index (χ3v) is 4.77. The van der Waals surface area contributed by atoms with E-state index in [-0.39, 0.29) is 2.85 Å². The van der Waals surface area contributed by atoms with Crippen LogP contribution in [-0.2, 0) is 0 Å². The van der Waals surface area contributed by atoms with Gasteiger partial charge in [0.15, 0.2) is 0 Å². The average Bonchev–Trinajstić information content (AvgIpc) is 2.74. The molecule has 0 saturated carbocycles. The Morgan fingerprint density at radius 2 is 1.40 bits per heavy atom. The van der Waals surface area contributed by atoms with Gasteiger partial charge in [0.25, 0.3) is 0 Å². The molecule has 4 aromatic carbocycles. The predicted octanol–water partition coefficient (Wildman–Crippen LogP) is 4.66. The lowest BCUT2D eigenvalue weighted by Crippen LogP contribution is -2.29. The highest BCUT2D eigenvalue weighted by Gasteiger charge is 2.12. The summed E-state index contributed by atoms with van der Waals surface area (Å²) in [5.74, 6) is 2.64. The van der Waals surface area contributed by atoms with E-state index in [4.69, 9.17) is 9.47 Å². The zero-order valence-electron chi connectivity index (χ0n) is 16.8. The third kappa shape index (κ3) is 4.40. The lowest BCUT2D eigenvalue weighted by molar-refractivity contribution is 0.425. The molecule has 0 unspecified atom stereocenters. The molecule has 0 atom stereocenters. The van der Waals surface area contributed by atoms with E-state index in [2.05, 4.69) is 12.1 Å². The Morgan fingerprint density at radius 3 is 2.10 bits per heavy atom. The second kappa shape index (κ2) is 8.49. The van der Waals surface area contributed by atoms with Crippen LogP contribution in [0.3, 0.4) is 0 Å². The normalized spacial score (nSPS) is 10.7. The maximum atomic E-state index is 9.25. The molecule has 0 aromatic heterocycles. The van der Waals surface area contributed by atoms with Gasteiger partial charge in [0, 0.05) is 46.2 Å². The van der Waals surface area contributed by atoms with E-state index < -0.39 is 7.12 Å². The Morgan fingerprint density at radius 1 is 0.733 bits per heavy atom. The van der Waals surface area contributed by atoms with E-state index in [0.29, 0.717) is 22.7 Å². The van der Waals surface area contributed by atoms with Crippen molar-refractivity contribution in [2.24, 2.45) is 0 Å². The van der Waals surface area contributed by atoms with E-state index in [9.17, 15) is 10.0 Å². The molecular weight excluding hydrogens is 377 g/mol. The Balaban J connectivity index is 0.00000181. The summed E-state index contributed by atoms with van der Waals surface area (Å²) >= 11 is 0. The van der Waals surface area contributed by atoms with Crippen LogP contribution in [-0.4, -0.2) is 31.3 Å². The number of hydrogen-bond acceptors (Lipinski definition) is 5. The Kier molecular flexibility index (Phi) is 5.61. The summed E-state index contributed by atoms with van der Waals surface area (Å²) in [5.41, 5.74) is 1.34.